The molecule has 0 spiro atoms. The highest BCUT2D eigenvalue weighted by atomic mass is 32.2. The van der Waals surface area contributed by atoms with Crippen LogP contribution < -0.4 is 4.72 Å². The molecule has 0 atom stereocenters. The van der Waals surface area contributed by atoms with Gasteiger partial charge in [0.2, 0.25) is 15.0 Å². The quantitative estimate of drug-likeness (QED) is 0.756. The standard InChI is InChI=1S/C10H11N5O2S3/c1-7-2-3-9(18-7)20(16,17)12-5-4-8-14-15-6-11-13-10(15)19-8/h2-3,6,12H,4-5H2,1H3. The minimum Gasteiger partial charge on any atom is -0.210 e. The molecule has 0 unspecified atom stereocenters. The van der Waals surface area contributed by atoms with Crippen molar-refractivity contribution < 1.29 is 8.42 Å². The maximum atomic E-state index is 12.0. The molecule has 0 bridgehead atoms. The van der Waals surface area contributed by atoms with Crippen LogP contribution in [0.25, 0.3) is 4.96 Å². The molecule has 3 aromatic rings. The zero-order valence-electron chi connectivity index (χ0n) is 10.5. The van der Waals surface area contributed by atoms with Crippen LogP contribution >= 0.6 is 22.7 Å². The molecule has 0 aliphatic heterocycles. The van der Waals surface area contributed by atoms with Gasteiger partial charge in [0.05, 0.1) is 0 Å². The molecule has 0 saturated heterocycles. The summed E-state index contributed by atoms with van der Waals surface area (Å²) in [5.74, 6) is 0. The summed E-state index contributed by atoms with van der Waals surface area (Å²) in [7, 11) is -3.42. The highest BCUT2D eigenvalue weighted by Gasteiger charge is 2.16. The molecule has 0 aromatic carbocycles. The molecule has 3 rings (SSSR count). The lowest BCUT2D eigenvalue weighted by atomic mass is 10.5. The van der Waals surface area contributed by atoms with Gasteiger partial charge in [-0.1, -0.05) is 11.3 Å². The molecular weight excluding hydrogens is 318 g/mol. The molecule has 3 heterocycles. The summed E-state index contributed by atoms with van der Waals surface area (Å²) in [5, 5.41) is 12.7. The van der Waals surface area contributed by atoms with Gasteiger partial charge in [-0.3, -0.25) is 0 Å². The fourth-order valence-corrected chi connectivity index (χ4v) is 4.79. The summed E-state index contributed by atoms with van der Waals surface area (Å²) in [6, 6.07) is 3.41. The smallest absolute Gasteiger partial charge is 0.210 e. The Kier molecular flexibility index (Phi) is 3.54. The zero-order valence-corrected chi connectivity index (χ0v) is 12.9. The van der Waals surface area contributed by atoms with E-state index in [9.17, 15) is 8.42 Å². The third-order valence-electron chi connectivity index (χ3n) is 2.54. The summed E-state index contributed by atoms with van der Waals surface area (Å²) in [6.07, 6.45) is 2.05. The van der Waals surface area contributed by atoms with Gasteiger partial charge in [-0.2, -0.15) is 9.61 Å². The summed E-state index contributed by atoms with van der Waals surface area (Å²) in [4.78, 5) is 1.68. The fraction of sp³-hybridized carbons (Fsp3) is 0.300. The van der Waals surface area contributed by atoms with Crippen molar-refractivity contribution in [2.45, 2.75) is 17.6 Å². The molecule has 0 saturated carbocycles. The second-order valence-corrected chi connectivity index (χ2v) is 8.39. The van der Waals surface area contributed by atoms with E-state index < -0.39 is 10.0 Å². The maximum absolute atomic E-state index is 12.0. The normalized spacial score (nSPS) is 12.2. The van der Waals surface area contributed by atoms with Crippen molar-refractivity contribution in [3.05, 3.63) is 28.3 Å². The van der Waals surface area contributed by atoms with E-state index in [0.717, 1.165) is 9.88 Å². The lowest BCUT2D eigenvalue weighted by molar-refractivity contribution is 0.583. The summed E-state index contributed by atoms with van der Waals surface area (Å²) < 4.78 is 28.5. The van der Waals surface area contributed by atoms with Gasteiger partial charge in [-0.25, -0.2) is 13.1 Å². The summed E-state index contributed by atoms with van der Waals surface area (Å²) in [6.45, 7) is 2.19. The lowest BCUT2D eigenvalue weighted by Crippen LogP contribution is -2.25. The minimum absolute atomic E-state index is 0.309. The summed E-state index contributed by atoms with van der Waals surface area (Å²) >= 11 is 2.66. The van der Waals surface area contributed by atoms with Gasteiger partial charge in [0, 0.05) is 17.8 Å². The Hall–Kier alpha value is -1.36. The number of nitrogens with zero attached hydrogens (tertiary/aromatic N) is 4. The van der Waals surface area contributed by atoms with Crippen molar-refractivity contribution >= 4 is 37.7 Å². The van der Waals surface area contributed by atoms with Gasteiger partial charge in [-0.15, -0.1) is 21.5 Å². The van der Waals surface area contributed by atoms with E-state index >= 15 is 0 Å². The van der Waals surface area contributed by atoms with Crippen LogP contribution in [0, 0.1) is 6.92 Å². The number of nitrogens with one attached hydrogen (secondary N) is 1. The van der Waals surface area contributed by atoms with Gasteiger partial charge >= 0.3 is 0 Å². The van der Waals surface area contributed by atoms with Crippen LogP contribution in [0.5, 0.6) is 0 Å². The average Bonchev–Trinajstić information content (AvgIpc) is 3.03. The van der Waals surface area contributed by atoms with Crippen molar-refractivity contribution in [3.8, 4) is 0 Å². The fourth-order valence-electron chi connectivity index (χ4n) is 1.62. The second-order valence-electron chi connectivity index (χ2n) is 4.07. The molecule has 0 fully saturated rings. The lowest BCUT2D eigenvalue weighted by Gasteiger charge is -2.02. The zero-order chi connectivity index (χ0) is 14.2. The predicted octanol–water partition coefficient (Wildman–Crippen LogP) is 1.08. The Bertz CT molecular complexity index is 803. The number of thiophene rings is 1. The van der Waals surface area contributed by atoms with Gasteiger partial charge in [0.15, 0.2) is 0 Å². The number of sulfonamides is 1. The first-order chi connectivity index (χ1) is 9.54. The third-order valence-corrected chi connectivity index (χ3v) is 6.47. The Balaban J connectivity index is 1.63. The molecule has 106 valence electrons. The van der Waals surface area contributed by atoms with E-state index in [4.69, 9.17) is 0 Å². The van der Waals surface area contributed by atoms with Crippen LogP contribution in [0.2, 0.25) is 0 Å². The molecule has 10 heteroatoms. The number of rotatable bonds is 5. The van der Waals surface area contributed by atoms with Crippen molar-refractivity contribution in [1.82, 2.24) is 24.5 Å². The largest absolute Gasteiger partial charge is 0.250 e. The molecule has 1 N–H and O–H groups in total. The van der Waals surface area contributed by atoms with Crippen molar-refractivity contribution in [3.63, 3.8) is 0 Å². The molecule has 0 aliphatic rings. The van der Waals surface area contributed by atoms with Gasteiger partial charge in [-0.05, 0) is 19.1 Å². The number of hydrogen-bond donors (Lipinski definition) is 1. The Morgan fingerprint density at radius 2 is 2.20 bits per heavy atom. The van der Waals surface area contributed by atoms with E-state index in [0.29, 0.717) is 22.1 Å². The third kappa shape index (κ3) is 2.73. The first-order valence-electron chi connectivity index (χ1n) is 5.76. The van der Waals surface area contributed by atoms with Crippen LogP contribution in [0.3, 0.4) is 0 Å². The van der Waals surface area contributed by atoms with Crippen molar-refractivity contribution in [1.29, 1.82) is 0 Å². The number of hydrogen-bond acceptors (Lipinski definition) is 7. The molecule has 20 heavy (non-hydrogen) atoms. The predicted molar refractivity (Wildman–Crippen MR) is 76.6 cm³/mol. The molecule has 7 nitrogen and oxygen atoms in total. The Labute approximate surface area is 123 Å². The van der Waals surface area contributed by atoms with Crippen molar-refractivity contribution in [2.24, 2.45) is 0 Å². The Morgan fingerprint density at radius 3 is 2.90 bits per heavy atom. The van der Waals surface area contributed by atoms with E-state index in [1.165, 1.54) is 29.0 Å². The number of aryl methyl sites for hydroxylation is 1. The van der Waals surface area contributed by atoms with Crippen LogP contribution in [-0.4, -0.2) is 34.8 Å². The minimum atomic E-state index is -3.42. The van der Waals surface area contributed by atoms with Crippen LogP contribution in [0.15, 0.2) is 22.7 Å². The molecule has 0 aliphatic carbocycles. The average molecular weight is 329 g/mol. The first-order valence-corrected chi connectivity index (χ1v) is 8.88. The molecule has 3 aromatic heterocycles. The Morgan fingerprint density at radius 1 is 1.35 bits per heavy atom. The van der Waals surface area contributed by atoms with Crippen molar-refractivity contribution in [2.75, 3.05) is 6.54 Å². The van der Waals surface area contributed by atoms with Crippen LogP contribution in [-0.2, 0) is 16.4 Å². The van der Waals surface area contributed by atoms with E-state index in [1.807, 2.05) is 6.92 Å². The summed E-state index contributed by atoms with van der Waals surface area (Å²) in [5.41, 5.74) is 0. The van der Waals surface area contributed by atoms with Crippen LogP contribution in [0.1, 0.15) is 9.88 Å². The van der Waals surface area contributed by atoms with E-state index in [1.54, 1.807) is 16.6 Å². The maximum Gasteiger partial charge on any atom is 0.250 e. The highest BCUT2D eigenvalue weighted by molar-refractivity contribution is 7.91. The molecule has 0 amide bonds. The first kappa shape index (κ1) is 13.6. The molecule has 0 radical (unpaired) electrons. The van der Waals surface area contributed by atoms with E-state index in [-0.39, 0.29) is 0 Å². The van der Waals surface area contributed by atoms with E-state index in [2.05, 4.69) is 20.0 Å². The number of aromatic nitrogens is 4. The van der Waals surface area contributed by atoms with Gasteiger partial charge in [0.25, 0.3) is 0 Å². The highest BCUT2D eigenvalue weighted by Crippen LogP contribution is 2.20. The topological polar surface area (TPSA) is 89.2 Å². The van der Waals surface area contributed by atoms with Gasteiger partial charge < -0.3 is 0 Å². The monoisotopic (exact) mass is 329 g/mol. The number of fused-ring (bicyclic) bond motifs is 1. The SMILES string of the molecule is Cc1ccc(S(=O)(=O)NCCc2nn3cnnc3s2)s1. The molecular formula is C10H11N5O2S3. The van der Waals surface area contributed by atoms with Gasteiger partial charge in [0.1, 0.15) is 15.5 Å². The second kappa shape index (κ2) is 5.20. The van der Waals surface area contributed by atoms with Crippen LogP contribution in [0.4, 0.5) is 0 Å².